The van der Waals surface area contributed by atoms with Crippen molar-refractivity contribution in [2.75, 3.05) is 24.6 Å². The molecule has 0 saturated carbocycles. The molecule has 1 aliphatic heterocycles. The van der Waals surface area contributed by atoms with Crippen LogP contribution in [-0.2, 0) is 11.8 Å². The summed E-state index contributed by atoms with van der Waals surface area (Å²) in [5, 5.41) is 5.65. The number of morpholine rings is 1. The van der Waals surface area contributed by atoms with Gasteiger partial charge in [0.05, 0.1) is 19.3 Å². The van der Waals surface area contributed by atoms with Gasteiger partial charge in [-0.05, 0) is 12.1 Å². The smallest absolute Gasteiger partial charge is 0.157 e. The summed E-state index contributed by atoms with van der Waals surface area (Å²) in [4.78, 5) is 15.1. The van der Waals surface area contributed by atoms with Crippen LogP contribution in [-0.4, -0.2) is 44.4 Å². The van der Waals surface area contributed by atoms with Crippen LogP contribution in [0.3, 0.4) is 0 Å². The summed E-state index contributed by atoms with van der Waals surface area (Å²) in [5.74, 6) is 0.870. The SMILES string of the molecule is Cn1nc([C@H]2CN(c3cnccn3)CCO2)c2cccnc21. The lowest BCUT2D eigenvalue weighted by Crippen LogP contribution is -2.39. The highest BCUT2D eigenvalue weighted by molar-refractivity contribution is 5.78. The van der Waals surface area contributed by atoms with Gasteiger partial charge in [0.15, 0.2) is 5.65 Å². The molecule has 1 saturated heterocycles. The molecule has 0 bridgehead atoms. The minimum atomic E-state index is -0.0938. The number of hydrogen-bond acceptors (Lipinski definition) is 6. The van der Waals surface area contributed by atoms with Crippen LogP contribution in [0.15, 0.2) is 36.9 Å². The molecule has 0 radical (unpaired) electrons. The van der Waals surface area contributed by atoms with Gasteiger partial charge in [0.2, 0.25) is 0 Å². The fourth-order valence-electron chi connectivity index (χ4n) is 2.83. The summed E-state index contributed by atoms with van der Waals surface area (Å²) >= 11 is 0. The maximum absolute atomic E-state index is 5.94. The third kappa shape index (κ3) is 2.19. The highest BCUT2D eigenvalue weighted by Crippen LogP contribution is 2.28. The van der Waals surface area contributed by atoms with Gasteiger partial charge < -0.3 is 9.64 Å². The molecule has 0 aliphatic carbocycles. The van der Waals surface area contributed by atoms with Crippen molar-refractivity contribution in [3.05, 3.63) is 42.6 Å². The molecule has 1 fully saturated rings. The van der Waals surface area contributed by atoms with Crippen LogP contribution in [0.4, 0.5) is 5.82 Å². The summed E-state index contributed by atoms with van der Waals surface area (Å²) in [5.41, 5.74) is 1.80. The number of anilines is 1. The van der Waals surface area contributed by atoms with Crippen LogP contribution < -0.4 is 4.90 Å². The minimum absolute atomic E-state index is 0.0938. The molecule has 1 atom stereocenters. The van der Waals surface area contributed by atoms with Crippen molar-refractivity contribution in [1.29, 1.82) is 0 Å². The molecule has 0 N–H and O–H groups in total. The van der Waals surface area contributed by atoms with E-state index in [2.05, 4.69) is 25.0 Å². The Morgan fingerprint density at radius 2 is 2.18 bits per heavy atom. The van der Waals surface area contributed by atoms with E-state index in [9.17, 15) is 0 Å². The van der Waals surface area contributed by atoms with Gasteiger partial charge in [0.1, 0.15) is 17.6 Å². The number of fused-ring (bicyclic) bond motifs is 1. The average Bonchev–Trinajstić information content (AvgIpc) is 2.93. The van der Waals surface area contributed by atoms with Gasteiger partial charge in [-0.3, -0.25) is 9.67 Å². The van der Waals surface area contributed by atoms with Crippen molar-refractivity contribution in [1.82, 2.24) is 24.7 Å². The lowest BCUT2D eigenvalue weighted by Gasteiger charge is -2.32. The van der Waals surface area contributed by atoms with Crippen molar-refractivity contribution < 1.29 is 4.74 Å². The van der Waals surface area contributed by atoms with Gasteiger partial charge in [0, 0.05) is 37.6 Å². The number of aryl methyl sites for hydroxylation is 1. The first kappa shape index (κ1) is 13.1. The third-order valence-corrected chi connectivity index (χ3v) is 3.87. The van der Waals surface area contributed by atoms with E-state index in [0.717, 1.165) is 29.1 Å². The maximum Gasteiger partial charge on any atom is 0.157 e. The Bertz CT molecular complexity index is 787. The molecule has 7 heteroatoms. The number of nitrogens with zero attached hydrogens (tertiary/aromatic N) is 6. The molecular weight excluding hydrogens is 280 g/mol. The monoisotopic (exact) mass is 296 g/mol. The van der Waals surface area contributed by atoms with E-state index in [1.807, 2.05) is 19.2 Å². The summed E-state index contributed by atoms with van der Waals surface area (Å²) in [6.45, 7) is 2.15. The number of pyridine rings is 1. The van der Waals surface area contributed by atoms with Gasteiger partial charge in [-0.15, -0.1) is 0 Å². The highest BCUT2D eigenvalue weighted by Gasteiger charge is 2.27. The zero-order valence-electron chi connectivity index (χ0n) is 12.3. The van der Waals surface area contributed by atoms with Gasteiger partial charge >= 0.3 is 0 Å². The molecule has 3 aromatic heterocycles. The average molecular weight is 296 g/mol. The van der Waals surface area contributed by atoms with Gasteiger partial charge in [-0.1, -0.05) is 0 Å². The normalized spacial score (nSPS) is 18.8. The second-order valence-electron chi connectivity index (χ2n) is 5.25. The lowest BCUT2D eigenvalue weighted by molar-refractivity contribution is 0.0373. The van der Waals surface area contributed by atoms with E-state index in [1.54, 1.807) is 29.5 Å². The maximum atomic E-state index is 5.94. The molecule has 7 nitrogen and oxygen atoms in total. The van der Waals surface area contributed by atoms with E-state index in [0.29, 0.717) is 13.2 Å². The summed E-state index contributed by atoms with van der Waals surface area (Å²) < 4.78 is 7.74. The number of rotatable bonds is 2. The molecule has 22 heavy (non-hydrogen) atoms. The largest absolute Gasteiger partial charge is 0.368 e. The Morgan fingerprint density at radius 3 is 3.05 bits per heavy atom. The molecule has 0 spiro atoms. The molecule has 112 valence electrons. The quantitative estimate of drug-likeness (QED) is 0.711. The van der Waals surface area contributed by atoms with E-state index in [1.165, 1.54) is 0 Å². The first-order valence-corrected chi connectivity index (χ1v) is 7.23. The Morgan fingerprint density at radius 1 is 1.23 bits per heavy atom. The standard InChI is InChI=1S/C15H16N6O/c1-20-15-11(3-2-4-18-15)14(19-20)12-10-21(7-8-22-12)13-9-16-5-6-17-13/h2-6,9,12H,7-8,10H2,1H3/t12-/m1/s1. The molecule has 4 rings (SSSR count). The number of ether oxygens (including phenoxy) is 1. The third-order valence-electron chi connectivity index (χ3n) is 3.87. The molecule has 0 amide bonds. The molecule has 0 unspecified atom stereocenters. The fourth-order valence-corrected chi connectivity index (χ4v) is 2.83. The Labute approximate surface area is 127 Å². The van der Waals surface area contributed by atoms with Gasteiger partial charge in [-0.25, -0.2) is 9.97 Å². The van der Waals surface area contributed by atoms with Crippen LogP contribution in [0.25, 0.3) is 11.0 Å². The second-order valence-corrected chi connectivity index (χ2v) is 5.25. The van der Waals surface area contributed by atoms with Crippen molar-refractivity contribution in [2.45, 2.75) is 6.10 Å². The molecule has 4 heterocycles. The summed E-state index contributed by atoms with van der Waals surface area (Å²) in [6, 6.07) is 3.96. The Balaban J connectivity index is 1.67. The molecule has 0 aromatic carbocycles. The predicted octanol–water partition coefficient (Wildman–Crippen LogP) is 1.34. The van der Waals surface area contributed by atoms with Crippen LogP contribution >= 0.6 is 0 Å². The molecule has 3 aromatic rings. The Hall–Kier alpha value is -2.54. The van der Waals surface area contributed by atoms with Gasteiger partial charge in [0.25, 0.3) is 0 Å². The van der Waals surface area contributed by atoms with Crippen molar-refractivity contribution >= 4 is 16.9 Å². The fraction of sp³-hybridized carbons (Fsp3) is 0.333. The molecular formula is C15H16N6O. The van der Waals surface area contributed by atoms with Crippen LogP contribution in [0.5, 0.6) is 0 Å². The van der Waals surface area contributed by atoms with Crippen LogP contribution in [0, 0.1) is 0 Å². The lowest BCUT2D eigenvalue weighted by atomic mass is 10.1. The first-order chi connectivity index (χ1) is 10.8. The second kappa shape index (κ2) is 5.34. The van der Waals surface area contributed by atoms with Gasteiger partial charge in [-0.2, -0.15) is 5.10 Å². The highest BCUT2D eigenvalue weighted by atomic mass is 16.5. The van der Waals surface area contributed by atoms with E-state index < -0.39 is 0 Å². The first-order valence-electron chi connectivity index (χ1n) is 7.23. The zero-order valence-corrected chi connectivity index (χ0v) is 12.3. The van der Waals surface area contributed by atoms with Crippen molar-refractivity contribution in [3.8, 4) is 0 Å². The number of hydrogen-bond donors (Lipinski definition) is 0. The topological polar surface area (TPSA) is 69.0 Å². The Kier molecular flexibility index (Phi) is 3.19. The summed E-state index contributed by atoms with van der Waals surface area (Å²) in [7, 11) is 1.90. The molecule has 1 aliphatic rings. The van der Waals surface area contributed by atoms with Crippen LogP contribution in [0.2, 0.25) is 0 Å². The van der Waals surface area contributed by atoms with Crippen molar-refractivity contribution in [2.24, 2.45) is 7.05 Å². The van der Waals surface area contributed by atoms with E-state index >= 15 is 0 Å². The number of aromatic nitrogens is 5. The predicted molar refractivity (Wildman–Crippen MR) is 81.4 cm³/mol. The zero-order chi connectivity index (χ0) is 14.9. The summed E-state index contributed by atoms with van der Waals surface area (Å²) in [6.07, 6.45) is 6.85. The van der Waals surface area contributed by atoms with Crippen LogP contribution in [0.1, 0.15) is 11.8 Å². The van der Waals surface area contributed by atoms with Crippen molar-refractivity contribution in [3.63, 3.8) is 0 Å². The van der Waals surface area contributed by atoms with E-state index in [-0.39, 0.29) is 6.10 Å². The minimum Gasteiger partial charge on any atom is -0.368 e. The van der Waals surface area contributed by atoms with E-state index in [4.69, 9.17) is 4.74 Å².